The molecule has 0 aromatic heterocycles. The average Bonchev–Trinajstić information content (AvgIpc) is 2.53. The molecule has 1 aromatic carbocycles. The van der Waals surface area contributed by atoms with Gasteiger partial charge in [0, 0.05) is 5.41 Å². The smallest absolute Gasteiger partial charge is 0.323 e. The Labute approximate surface area is 135 Å². The fourth-order valence-electron chi connectivity index (χ4n) is 2.60. The lowest BCUT2D eigenvalue weighted by atomic mass is 9.78. The van der Waals surface area contributed by atoms with Crippen molar-refractivity contribution < 1.29 is 9.53 Å². The van der Waals surface area contributed by atoms with Crippen LogP contribution in [0.4, 0.5) is 0 Å². The average molecular weight is 305 g/mol. The molecule has 0 aliphatic rings. The first kappa shape index (κ1) is 18.7. The lowest BCUT2D eigenvalue weighted by Gasteiger charge is -2.35. The summed E-state index contributed by atoms with van der Waals surface area (Å²) < 4.78 is 5.67. The minimum absolute atomic E-state index is 0.0259. The maximum absolute atomic E-state index is 12.2. The van der Waals surface area contributed by atoms with Gasteiger partial charge in [-0.1, -0.05) is 63.9 Å². The SMILES string of the molecule is CCCCC(C)(CC)C(C)OC(=O)C(N)Cc1ccccc1. The topological polar surface area (TPSA) is 52.3 Å². The zero-order valence-corrected chi connectivity index (χ0v) is 14.5. The minimum atomic E-state index is -0.600. The molecule has 0 spiro atoms. The first-order valence-electron chi connectivity index (χ1n) is 8.43. The van der Waals surface area contributed by atoms with Gasteiger partial charge in [0.1, 0.15) is 12.1 Å². The molecule has 0 radical (unpaired) electrons. The quantitative estimate of drug-likeness (QED) is 0.699. The molecule has 0 aliphatic heterocycles. The van der Waals surface area contributed by atoms with Crippen molar-refractivity contribution in [3.63, 3.8) is 0 Å². The van der Waals surface area contributed by atoms with Gasteiger partial charge in [0.2, 0.25) is 0 Å². The molecule has 3 heteroatoms. The van der Waals surface area contributed by atoms with Crippen LogP contribution in [0.15, 0.2) is 30.3 Å². The predicted molar refractivity (Wildman–Crippen MR) is 91.6 cm³/mol. The van der Waals surface area contributed by atoms with Crippen molar-refractivity contribution in [2.45, 2.75) is 71.9 Å². The Morgan fingerprint density at radius 1 is 1.27 bits per heavy atom. The van der Waals surface area contributed by atoms with E-state index in [-0.39, 0.29) is 17.5 Å². The van der Waals surface area contributed by atoms with E-state index in [0.29, 0.717) is 6.42 Å². The van der Waals surface area contributed by atoms with E-state index in [4.69, 9.17) is 10.5 Å². The molecule has 22 heavy (non-hydrogen) atoms. The molecule has 0 aliphatic carbocycles. The van der Waals surface area contributed by atoms with Gasteiger partial charge < -0.3 is 10.5 Å². The Morgan fingerprint density at radius 2 is 1.91 bits per heavy atom. The van der Waals surface area contributed by atoms with Gasteiger partial charge in [-0.05, 0) is 31.7 Å². The van der Waals surface area contributed by atoms with Crippen molar-refractivity contribution in [3.8, 4) is 0 Å². The molecule has 0 amide bonds. The molecule has 0 saturated carbocycles. The van der Waals surface area contributed by atoms with Gasteiger partial charge in [-0.15, -0.1) is 0 Å². The van der Waals surface area contributed by atoms with Gasteiger partial charge in [0.25, 0.3) is 0 Å². The van der Waals surface area contributed by atoms with Crippen molar-refractivity contribution in [1.82, 2.24) is 0 Å². The highest BCUT2D eigenvalue weighted by Gasteiger charge is 2.32. The van der Waals surface area contributed by atoms with Gasteiger partial charge >= 0.3 is 5.97 Å². The number of nitrogens with two attached hydrogens (primary N) is 1. The van der Waals surface area contributed by atoms with Crippen LogP contribution in [-0.2, 0) is 16.0 Å². The third kappa shape index (κ3) is 5.45. The van der Waals surface area contributed by atoms with Crippen LogP contribution in [0.2, 0.25) is 0 Å². The normalized spacial score (nSPS) is 16.6. The summed E-state index contributed by atoms with van der Waals surface area (Å²) >= 11 is 0. The fourth-order valence-corrected chi connectivity index (χ4v) is 2.60. The number of hydrogen-bond acceptors (Lipinski definition) is 3. The number of unbranched alkanes of at least 4 members (excludes halogenated alkanes) is 1. The second-order valence-corrected chi connectivity index (χ2v) is 6.49. The summed E-state index contributed by atoms with van der Waals surface area (Å²) in [4.78, 5) is 12.2. The zero-order chi connectivity index (χ0) is 16.6. The maximum Gasteiger partial charge on any atom is 0.323 e. The maximum atomic E-state index is 12.2. The third-order valence-corrected chi connectivity index (χ3v) is 4.78. The Morgan fingerprint density at radius 3 is 2.45 bits per heavy atom. The highest BCUT2D eigenvalue weighted by molar-refractivity contribution is 5.76. The second-order valence-electron chi connectivity index (χ2n) is 6.49. The van der Waals surface area contributed by atoms with Crippen molar-refractivity contribution in [1.29, 1.82) is 0 Å². The molecule has 0 heterocycles. The molecule has 3 atom stereocenters. The summed E-state index contributed by atoms with van der Waals surface area (Å²) in [6, 6.07) is 9.22. The monoisotopic (exact) mass is 305 g/mol. The molecule has 0 bridgehead atoms. The van der Waals surface area contributed by atoms with Crippen LogP contribution in [-0.4, -0.2) is 18.1 Å². The number of rotatable bonds is 9. The van der Waals surface area contributed by atoms with Crippen molar-refractivity contribution in [2.24, 2.45) is 11.1 Å². The fraction of sp³-hybridized carbons (Fsp3) is 0.632. The van der Waals surface area contributed by atoms with Crippen LogP contribution in [0, 0.1) is 5.41 Å². The van der Waals surface area contributed by atoms with Crippen molar-refractivity contribution in [3.05, 3.63) is 35.9 Å². The van der Waals surface area contributed by atoms with Gasteiger partial charge in [0.15, 0.2) is 0 Å². The van der Waals surface area contributed by atoms with Gasteiger partial charge in [-0.3, -0.25) is 4.79 Å². The standard InChI is InChI=1S/C19H31NO2/c1-5-7-13-19(4,6-2)15(3)22-18(21)17(20)14-16-11-9-8-10-12-16/h8-12,15,17H,5-7,13-14,20H2,1-4H3. The number of benzene rings is 1. The zero-order valence-electron chi connectivity index (χ0n) is 14.5. The van der Waals surface area contributed by atoms with Crippen LogP contribution in [0.3, 0.4) is 0 Å². The molecule has 0 fully saturated rings. The van der Waals surface area contributed by atoms with Crippen molar-refractivity contribution in [2.75, 3.05) is 0 Å². The minimum Gasteiger partial charge on any atom is -0.461 e. The van der Waals surface area contributed by atoms with Gasteiger partial charge in [-0.2, -0.15) is 0 Å². The first-order chi connectivity index (χ1) is 10.4. The summed E-state index contributed by atoms with van der Waals surface area (Å²) in [5.74, 6) is -0.299. The summed E-state index contributed by atoms with van der Waals surface area (Å²) in [6.45, 7) is 8.53. The Balaban J connectivity index is 2.58. The largest absolute Gasteiger partial charge is 0.461 e. The Kier molecular flexibility index (Phi) is 7.60. The van der Waals surface area contributed by atoms with Gasteiger partial charge in [-0.25, -0.2) is 0 Å². The number of hydrogen-bond donors (Lipinski definition) is 1. The molecule has 3 unspecified atom stereocenters. The molecular weight excluding hydrogens is 274 g/mol. The second kappa shape index (κ2) is 8.94. The summed E-state index contributed by atoms with van der Waals surface area (Å²) in [5.41, 5.74) is 7.09. The van der Waals surface area contributed by atoms with Crippen LogP contribution in [0.5, 0.6) is 0 Å². The van der Waals surface area contributed by atoms with E-state index >= 15 is 0 Å². The van der Waals surface area contributed by atoms with Gasteiger partial charge in [0.05, 0.1) is 0 Å². The lowest BCUT2D eigenvalue weighted by molar-refractivity contribution is -0.156. The predicted octanol–water partition coefficient (Wildman–Crippen LogP) is 4.09. The van der Waals surface area contributed by atoms with Crippen LogP contribution < -0.4 is 5.73 Å². The summed E-state index contributed by atoms with van der Waals surface area (Å²) in [7, 11) is 0. The van der Waals surface area contributed by atoms with Crippen LogP contribution in [0.1, 0.15) is 58.9 Å². The molecule has 2 N–H and O–H groups in total. The third-order valence-electron chi connectivity index (χ3n) is 4.78. The number of ether oxygens (including phenoxy) is 1. The van der Waals surface area contributed by atoms with Crippen LogP contribution >= 0.6 is 0 Å². The highest BCUT2D eigenvalue weighted by atomic mass is 16.5. The number of esters is 1. The van der Waals surface area contributed by atoms with E-state index in [1.165, 1.54) is 0 Å². The van der Waals surface area contributed by atoms with E-state index < -0.39 is 6.04 Å². The Bertz CT molecular complexity index is 446. The highest BCUT2D eigenvalue weighted by Crippen LogP contribution is 2.34. The first-order valence-corrected chi connectivity index (χ1v) is 8.43. The molecule has 124 valence electrons. The molecule has 1 rings (SSSR count). The summed E-state index contributed by atoms with van der Waals surface area (Å²) in [5, 5.41) is 0. The van der Waals surface area contributed by atoms with Crippen LogP contribution in [0.25, 0.3) is 0 Å². The lowest BCUT2D eigenvalue weighted by Crippen LogP contribution is -2.40. The molecular formula is C19H31NO2. The van der Waals surface area contributed by atoms with E-state index in [0.717, 1.165) is 31.2 Å². The van der Waals surface area contributed by atoms with E-state index in [1.54, 1.807) is 0 Å². The molecule has 1 aromatic rings. The number of carbonyl (C=O) groups is 1. The van der Waals surface area contributed by atoms with E-state index in [1.807, 2.05) is 37.3 Å². The molecule has 0 saturated heterocycles. The number of carbonyl (C=O) groups excluding carboxylic acids is 1. The Hall–Kier alpha value is -1.35. The molecule has 3 nitrogen and oxygen atoms in total. The van der Waals surface area contributed by atoms with Crippen molar-refractivity contribution >= 4 is 5.97 Å². The van der Waals surface area contributed by atoms with E-state index in [2.05, 4.69) is 20.8 Å². The summed E-state index contributed by atoms with van der Waals surface area (Å²) in [6.07, 6.45) is 4.78. The van der Waals surface area contributed by atoms with E-state index in [9.17, 15) is 4.79 Å².